The van der Waals surface area contributed by atoms with E-state index in [4.69, 9.17) is 11.1 Å². The molecular formula is C9H18N2S. The Kier molecular flexibility index (Phi) is 3.92. The zero-order chi connectivity index (χ0) is 8.97. The molecule has 0 aromatic heterocycles. The minimum atomic E-state index is 0.216. The van der Waals surface area contributed by atoms with Crippen molar-refractivity contribution in [3.05, 3.63) is 0 Å². The van der Waals surface area contributed by atoms with E-state index < -0.39 is 0 Å². The summed E-state index contributed by atoms with van der Waals surface area (Å²) < 4.78 is 0. The van der Waals surface area contributed by atoms with Crippen molar-refractivity contribution in [2.45, 2.75) is 49.5 Å². The molecule has 1 rings (SSSR count). The topological polar surface area (TPSA) is 49.9 Å². The smallest absolute Gasteiger partial charge is 0.104 e. The first-order valence-corrected chi connectivity index (χ1v) is 5.64. The van der Waals surface area contributed by atoms with Crippen LogP contribution in [-0.2, 0) is 0 Å². The van der Waals surface area contributed by atoms with Gasteiger partial charge in [0.15, 0.2) is 0 Å². The summed E-state index contributed by atoms with van der Waals surface area (Å²) in [6.07, 6.45) is 6.76. The van der Waals surface area contributed by atoms with E-state index in [1.54, 1.807) is 0 Å². The summed E-state index contributed by atoms with van der Waals surface area (Å²) in [5.41, 5.74) is 5.42. The average molecular weight is 186 g/mol. The van der Waals surface area contributed by atoms with Gasteiger partial charge in [-0.15, -0.1) is 11.8 Å². The Hall–Kier alpha value is -0.180. The van der Waals surface area contributed by atoms with E-state index in [1.807, 2.05) is 18.7 Å². The summed E-state index contributed by atoms with van der Waals surface area (Å²) in [7, 11) is 0. The Morgan fingerprint density at radius 1 is 1.42 bits per heavy atom. The molecule has 1 unspecified atom stereocenters. The number of nitrogens with two attached hydrogens (primary N) is 1. The van der Waals surface area contributed by atoms with Gasteiger partial charge < -0.3 is 5.73 Å². The van der Waals surface area contributed by atoms with Gasteiger partial charge in [0.1, 0.15) is 5.84 Å². The van der Waals surface area contributed by atoms with Crippen molar-refractivity contribution in [2.75, 3.05) is 0 Å². The lowest BCUT2D eigenvalue weighted by molar-refractivity contribution is 0.516. The monoisotopic (exact) mass is 186 g/mol. The summed E-state index contributed by atoms with van der Waals surface area (Å²) in [4.78, 5) is 0. The number of nitrogens with one attached hydrogen (secondary N) is 1. The molecule has 0 aliphatic heterocycles. The lowest BCUT2D eigenvalue weighted by Gasteiger charge is -2.23. The van der Waals surface area contributed by atoms with Gasteiger partial charge >= 0.3 is 0 Å². The predicted molar refractivity (Wildman–Crippen MR) is 55.8 cm³/mol. The van der Waals surface area contributed by atoms with Gasteiger partial charge in [-0.3, -0.25) is 5.41 Å². The minimum Gasteiger partial charge on any atom is -0.387 e. The van der Waals surface area contributed by atoms with Crippen molar-refractivity contribution in [1.29, 1.82) is 5.41 Å². The molecule has 0 saturated heterocycles. The molecule has 1 aliphatic rings. The molecular weight excluding hydrogens is 168 g/mol. The maximum absolute atomic E-state index is 7.28. The van der Waals surface area contributed by atoms with Crippen molar-refractivity contribution >= 4 is 17.6 Å². The molecule has 2 nitrogen and oxygen atoms in total. The number of thioether (sulfide) groups is 1. The Morgan fingerprint density at radius 3 is 2.50 bits per heavy atom. The van der Waals surface area contributed by atoms with Crippen LogP contribution >= 0.6 is 11.8 Å². The van der Waals surface area contributed by atoms with Crippen molar-refractivity contribution in [3.63, 3.8) is 0 Å². The molecule has 0 bridgehead atoms. The number of hydrogen-bond donors (Lipinski definition) is 2. The molecule has 1 atom stereocenters. The van der Waals surface area contributed by atoms with Gasteiger partial charge in [-0.1, -0.05) is 19.3 Å². The van der Waals surface area contributed by atoms with E-state index in [9.17, 15) is 0 Å². The number of amidine groups is 1. The van der Waals surface area contributed by atoms with Crippen LogP contribution in [0.25, 0.3) is 0 Å². The first kappa shape index (κ1) is 9.90. The molecule has 3 N–H and O–H groups in total. The standard InChI is InChI=1S/C9H18N2S/c1-7(9(10)11)12-8-5-3-2-4-6-8/h7-8H,2-6H2,1H3,(H3,10,11). The summed E-state index contributed by atoms with van der Waals surface area (Å²) >= 11 is 1.88. The third-order valence-electron chi connectivity index (χ3n) is 2.39. The molecule has 1 aliphatic carbocycles. The highest BCUT2D eigenvalue weighted by molar-refractivity contribution is 8.01. The third kappa shape index (κ3) is 3.05. The third-order valence-corrected chi connectivity index (χ3v) is 3.91. The molecule has 0 aromatic carbocycles. The van der Waals surface area contributed by atoms with E-state index in [0.29, 0.717) is 5.84 Å². The Bertz CT molecular complexity index is 153. The van der Waals surface area contributed by atoms with Gasteiger partial charge in [0.05, 0.1) is 5.25 Å². The molecule has 70 valence electrons. The SMILES string of the molecule is CC(SC1CCCCC1)C(=N)N. The fourth-order valence-electron chi connectivity index (χ4n) is 1.56. The van der Waals surface area contributed by atoms with Gasteiger partial charge in [-0.25, -0.2) is 0 Å². The zero-order valence-corrected chi connectivity index (χ0v) is 8.49. The van der Waals surface area contributed by atoms with Gasteiger partial charge in [0, 0.05) is 5.25 Å². The summed E-state index contributed by atoms with van der Waals surface area (Å²) in [5, 5.41) is 8.25. The van der Waals surface area contributed by atoms with E-state index in [0.717, 1.165) is 5.25 Å². The molecule has 1 saturated carbocycles. The van der Waals surface area contributed by atoms with Crippen LogP contribution < -0.4 is 5.73 Å². The normalized spacial score (nSPS) is 22.1. The highest BCUT2D eigenvalue weighted by Crippen LogP contribution is 2.30. The van der Waals surface area contributed by atoms with Crippen LogP contribution in [0.2, 0.25) is 0 Å². The Morgan fingerprint density at radius 2 is 2.00 bits per heavy atom. The second kappa shape index (κ2) is 4.75. The summed E-state index contributed by atoms with van der Waals surface area (Å²) in [5.74, 6) is 0.325. The van der Waals surface area contributed by atoms with Crippen molar-refractivity contribution in [3.8, 4) is 0 Å². The van der Waals surface area contributed by atoms with Gasteiger partial charge in [0.25, 0.3) is 0 Å². The molecule has 0 heterocycles. The first-order chi connectivity index (χ1) is 5.70. The molecule has 0 radical (unpaired) electrons. The number of hydrogen-bond acceptors (Lipinski definition) is 2. The van der Waals surface area contributed by atoms with E-state index in [-0.39, 0.29) is 5.25 Å². The van der Waals surface area contributed by atoms with E-state index in [1.165, 1.54) is 32.1 Å². The Labute approximate surface area is 78.8 Å². The van der Waals surface area contributed by atoms with Gasteiger partial charge in [-0.05, 0) is 19.8 Å². The van der Waals surface area contributed by atoms with Crippen LogP contribution in [0.4, 0.5) is 0 Å². The van der Waals surface area contributed by atoms with Gasteiger partial charge in [-0.2, -0.15) is 0 Å². The second-order valence-electron chi connectivity index (χ2n) is 3.49. The van der Waals surface area contributed by atoms with Crippen molar-refractivity contribution in [1.82, 2.24) is 0 Å². The Balaban J connectivity index is 2.24. The molecule has 12 heavy (non-hydrogen) atoms. The second-order valence-corrected chi connectivity index (χ2v) is 5.14. The molecule has 0 amide bonds. The molecule has 1 fully saturated rings. The summed E-state index contributed by atoms with van der Waals surface area (Å²) in [6.45, 7) is 2.03. The highest BCUT2D eigenvalue weighted by Gasteiger charge is 2.17. The van der Waals surface area contributed by atoms with Crippen LogP contribution in [0, 0.1) is 5.41 Å². The predicted octanol–water partition coefficient (Wildman–Crippen LogP) is 2.38. The van der Waals surface area contributed by atoms with Gasteiger partial charge in [0.2, 0.25) is 0 Å². The molecule has 0 aromatic rings. The van der Waals surface area contributed by atoms with Crippen LogP contribution in [0.1, 0.15) is 39.0 Å². The van der Waals surface area contributed by atoms with Crippen molar-refractivity contribution in [2.24, 2.45) is 5.73 Å². The van der Waals surface area contributed by atoms with E-state index in [2.05, 4.69) is 0 Å². The zero-order valence-electron chi connectivity index (χ0n) is 7.68. The lowest BCUT2D eigenvalue weighted by Crippen LogP contribution is -2.25. The fourth-order valence-corrected chi connectivity index (χ4v) is 2.89. The van der Waals surface area contributed by atoms with Crippen LogP contribution in [0.3, 0.4) is 0 Å². The fraction of sp³-hybridized carbons (Fsp3) is 0.889. The number of rotatable bonds is 3. The maximum atomic E-state index is 7.28. The first-order valence-electron chi connectivity index (χ1n) is 4.69. The molecule has 3 heteroatoms. The highest BCUT2D eigenvalue weighted by atomic mass is 32.2. The average Bonchev–Trinajstić information content (AvgIpc) is 2.06. The maximum Gasteiger partial charge on any atom is 0.104 e. The van der Waals surface area contributed by atoms with Crippen LogP contribution in [0.15, 0.2) is 0 Å². The van der Waals surface area contributed by atoms with E-state index >= 15 is 0 Å². The van der Waals surface area contributed by atoms with Crippen LogP contribution in [0.5, 0.6) is 0 Å². The molecule has 0 spiro atoms. The lowest BCUT2D eigenvalue weighted by atomic mass is 10.0. The quantitative estimate of drug-likeness (QED) is 0.525. The van der Waals surface area contributed by atoms with Crippen molar-refractivity contribution < 1.29 is 0 Å². The summed E-state index contributed by atoms with van der Waals surface area (Å²) in [6, 6.07) is 0. The largest absolute Gasteiger partial charge is 0.387 e. The minimum absolute atomic E-state index is 0.216. The van der Waals surface area contributed by atoms with Crippen LogP contribution in [-0.4, -0.2) is 16.3 Å².